The highest BCUT2D eigenvalue weighted by molar-refractivity contribution is 6.02. The maximum atomic E-state index is 12.5. The maximum Gasteiger partial charge on any atom is 0.407 e. The van der Waals surface area contributed by atoms with E-state index in [4.69, 9.17) is 9.47 Å². The van der Waals surface area contributed by atoms with Crippen molar-refractivity contribution in [2.24, 2.45) is 7.05 Å². The molecule has 0 aromatic carbocycles. The van der Waals surface area contributed by atoms with E-state index in [0.29, 0.717) is 23.8 Å². The van der Waals surface area contributed by atoms with Crippen molar-refractivity contribution in [3.63, 3.8) is 0 Å². The third kappa shape index (κ3) is 5.38. The van der Waals surface area contributed by atoms with Gasteiger partial charge >= 0.3 is 6.09 Å². The van der Waals surface area contributed by atoms with Crippen LogP contribution in [0.3, 0.4) is 0 Å². The molecule has 3 atom stereocenters. The highest BCUT2D eigenvalue weighted by atomic mass is 16.6. The number of alkyl carbamates (subject to hydrolysis) is 1. The van der Waals surface area contributed by atoms with E-state index in [0.717, 1.165) is 31.4 Å². The van der Waals surface area contributed by atoms with Crippen molar-refractivity contribution in [2.45, 2.75) is 64.2 Å². The summed E-state index contributed by atoms with van der Waals surface area (Å²) in [7, 11) is 3.29. The van der Waals surface area contributed by atoms with Crippen LogP contribution in [0.4, 0.5) is 10.6 Å². The lowest BCUT2D eigenvalue weighted by Crippen LogP contribution is -2.34. The molecule has 2 aromatic heterocycles. The number of ether oxygens (including phenoxy) is 2. The Morgan fingerprint density at radius 1 is 1.37 bits per heavy atom. The van der Waals surface area contributed by atoms with Gasteiger partial charge in [-0.15, -0.1) is 0 Å². The molecule has 0 bridgehead atoms. The number of methoxy groups -OCH3 is 1. The summed E-state index contributed by atoms with van der Waals surface area (Å²) in [4.78, 5) is 24.5. The van der Waals surface area contributed by atoms with Crippen molar-refractivity contribution in [1.29, 1.82) is 0 Å². The van der Waals surface area contributed by atoms with Crippen LogP contribution in [0.2, 0.25) is 0 Å². The zero-order chi connectivity index (χ0) is 21.7. The van der Waals surface area contributed by atoms with E-state index in [9.17, 15) is 9.59 Å². The molecule has 0 radical (unpaired) electrons. The first-order chi connectivity index (χ1) is 14.4. The van der Waals surface area contributed by atoms with Crippen LogP contribution >= 0.6 is 0 Å². The van der Waals surface area contributed by atoms with Gasteiger partial charge in [0.05, 0.1) is 12.3 Å². The molecule has 1 saturated carbocycles. The third-order valence-electron chi connectivity index (χ3n) is 5.37. The van der Waals surface area contributed by atoms with E-state index in [1.807, 2.05) is 19.9 Å². The summed E-state index contributed by atoms with van der Waals surface area (Å²) in [5, 5.41) is 17.1. The van der Waals surface area contributed by atoms with Crippen LogP contribution in [-0.2, 0) is 23.1 Å². The number of aromatic nitrogens is 4. The SMILES string of the molecule is CC[C@H](C)NC(=O)O[C@@H]1CC[C@H](c2cc(NC(=O)c3cc(COC)nn3C)n[nH]2)C1. The number of anilines is 1. The second-order valence-electron chi connectivity index (χ2n) is 7.73. The van der Waals surface area contributed by atoms with E-state index in [2.05, 4.69) is 25.9 Å². The number of aromatic amines is 1. The zero-order valence-electron chi connectivity index (χ0n) is 17.9. The number of amides is 2. The number of H-pyrrole nitrogens is 1. The van der Waals surface area contributed by atoms with Crippen molar-refractivity contribution in [3.8, 4) is 0 Å². The zero-order valence-corrected chi connectivity index (χ0v) is 17.9. The second kappa shape index (κ2) is 9.75. The lowest BCUT2D eigenvalue weighted by molar-refractivity contribution is 0.0972. The van der Waals surface area contributed by atoms with E-state index in [1.54, 1.807) is 20.2 Å². The first kappa shape index (κ1) is 21.8. The van der Waals surface area contributed by atoms with E-state index in [1.165, 1.54) is 4.68 Å². The molecule has 0 spiro atoms. The van der Waals surface area contributed by atoms with E-state index in [-0.39, 0.29) is 30.1 Å². The minimum Gasteiger partial charge on any atom is -0.446 e. The van der Waals surface area contributed by atoms with Gasteiger partial charge in [0.2, 0.25) is 0 Å². The molecule has 10 heteroatoms. The number of nitrogens with zero attached hydrogens (tertiary/aromatic N) is 3. The summed E-state index contributed by atoms with van der Waals surface area (Å²) in [5.74, 6) is 0.359. The van der Waals surface area contributed by atoms with Gasteiger partial charge in [-0.1, -0.05) is 6.92 Å². The molecule has 2 amide bonds. The Kier molecular flexibility index (Phi) is 7.09. The van der Waals surface area contributed by atoms with Crippen LogP contribution in [-0.4, -0.2) is 51.2 Å². The molecule has 3 rings (SSSR count). The van der Waals surface area contributed by atoms with E-state index < -0.39 is 0 Å². The Morgan fingerprint density at radius 2 is 2.17 bits per heavy atom. The molecule has 30 heavy (non-hydrogen) atoms. The van der Waals surface area contributed by atoms with Gasteiger partial charge in [0, 0.05) is 37.9 Å². The predicted octanol–water partition coefficient (Wildman–Crippen LogP) is 2.70. The number of hydrogen-bond acceptors (Lipinski definition) is 6. The van der Waals surface area contributed by atoms with Crippen molar-refractivity contribution in [3.05, 3.63) is 29.2 Å². The van der Waals surface area contributed by atoms with Crippen molar-refractivity contribution < 1.29 is 19.1 Å². The fraction of sp³-hybridized carbons (Fsp3) is 0.600. The van der Waals surface area contributed by atoms with Gasteiger partial charge in [0.1, 0.15) is 11.8 Å². The van der Waals surface area contributed by atoms with Gasteiger partial charge in [-0.05, 0) is 38.7 Å². The van der Waals surface area contributed by atoms with Crippen LogP contribution in [0.25, 0.3) is 0 Å². The Bertz CT molecular complexity index is 877. The maximum absolute atomic E-state index is 12.5. The second-order valence-corrected chi connectivity index (χ2v) is 7.73. The normalized spacial score (nSPS) is 19.5. The Morgan fingerprint density at radius 3 is 2.90 bits per heavy atom. The Hall–Kier alpha value is -2.88. The average molecular weight is 418 g/mol. The summed E-state index contributed by atoms with van der Waals surface area (Å²) in [6.45, 7) is 4.30. The molecule has 10 nitrogen and oxygen atoms in total. The molecule has 164 valence electrons. The minimum absolute atomic E-state index is 0.0958. The number of rotatable bonds is 8. The monoisotopic (exact) mass is 418 g/mol. The third-order valence-corrected chi connectivity index (χ3v) is 5.37. The molecule has 1 fully saturated rings. The molecular weight excluding hydrogens is 388 g/mol. The van der Waals surface area contributed by atoms with Gasteiger partial charge < -0.3 is 20.1 Å². The van der Waals surface area contributed by atoms with Gasteiger partial charge in [-0.3, -0.25) is 14.6 Å². The van der Waals surface area contributed by atoms with Crippen molar-refractivity contribution in [1.82, 2.24) is 25.3 Å². The van der Waals surface area contributed by atoms with Crippen molar-refractivity contribution >= 4 is 17.8 Å². The number of aryl methyl sites for hydroxylation is 1. The van der Waals surface area contributed by atoms with Gasteiger partial charge in [0.25, 0.3) is 5.91 Å². The Labute approximate surface area is 175 Å². The topological polar surface area (TPSA) is 123 Å². The lowest BCUT2D eigenvalue weighted by Gasteiger charge is -2.16. The van der Waals surface area contributed by atoms with Crippen LogP contribution in [0.1, 0.15) is 67.3 Å². The van der Waals surface area contributed by atoms with Crippen LogP contribution in [0, 0.1) is 0 Å². The molecule has 0 unspecified atom stereocenters. The Balaban J connectivity index is 1.54. The standard InChI is InChI=1S/C20H30N6O4/c1-5-12(2)21-20(28)30-15-7-6-13(8-15)16-10-18(24-23-16)22-19(27)17-9-14(11-29-4)25-26(17)3/h9-10,12-13,15H,5-8,11H2,1-4H3,(H,21,28)(H2,22,23,24,27)/t12-,13-,15+/m0/s1. The van der Waals surface area contributed by atoms with Crippen LogP contribution < -0.4 is 10.6 Å². The molecule has 0 aliphatic heterocycles. The van der Waals surface area contributed by atoms with Gasteiger partial charge in [-0.25, -0.2) is 4.79 Å². The molecule has 1 aliphatic carbocycles. The summed E-state index contributed by atoms with van der Waals surface area (Å²) < 4.78 is 12.1. The minimum atomic E-state index is -0.364. The highest BCUT2D eigenvalue weighted by Crippen LogP contribution is 2.35. The molecule has 3 N–H and O–H groups in total. The number of carbonyl (C=O) groups is 2. The molecular formula is C20H30N6O4. The summed E-state index contributed by atoms with van der Waals surface area (Å²) in [5.41, 5.74) is 2.03. The molecule has 1 aliphatic rings. The largest absolute Gasteiger partial charge is 0.446 e. The molecule has 2 heterocycles. The molecule has 2 aromatic rings. The van der Waals surface area contributed by atoms with Gasteiger partial charge in [0.15, 0.2) is 5.82 Å². The fourth-order valence-electron chi connectivity index (χ4n) is 3.57. The number of hydrogen-bond donors (Lipinski definition) is 3. The quantitative estimate of drug-likeness (QED) is 0.606. The van der Waals surface area contributed by atoms with Crippen LogP contribution in [0.15, 0.2) is 12.1 Å². The average Bonchev–Trinajstić information content (AvgIpc) is 3.42. The summed E-state index contributed by atoms with van der Waals surface area (Å²) in [6, 6.07) is 3.62. The number of carbonyl (C=O) groups excluding carboxylic acids is 2. The molecule has 0 saturated heterocycles. The first-order valence-electron chi connectivity index (χ1n) is 10.2. The lowest BCUT2D eigenvalue weighted by atomic mass is 10.0. The van der Waals surface area contributed by atoms with Crippen LogP contribution in [0.5, 0.6) is 0 Å². The first-order valence-corrected chi connectivity index (χ1v) is 10.2. The van der Waals surface area contributed by atoms with E-state index >= 15 is 0 Å². The smallest absolute Gasteiger partial charge is 0.407 e. The fourth-order valence-corrected chi connectivity index (χ4v) is 3.57. The van der Waals surface area contributed by atoms with Gasteiger partial charge in [-0.2, -0.15) is 10.2 Å². The summed E-state index contributed by atoms with van der Waals surface area (Å²) >= 11 is 0. The predicted molar refractivity (Wildman–Crippen MR) is 110 cm³/mol. The number of nitrogens with one attached hydrogen (secondary N) is 3. The van der Waals surface area contributed by atoms with Crippen molar-refractivity contribution in [2.75, 3.05) is 12.4 Å². The summed E-state index contributed by atoms with van der Waals surface area (Å²) in [6.07, 6.45) is 2.80. The highest BCUT2D eigenvalue weighted by Gasteiger charge is 2.30.